The Balaban J connectivity index is 2.42. The average molecular weight is 282 g/mol. The number of halogens is 3. The van der Waals surface area contributed by atoms with E-state index in [4.69, 9.17) is 0 Å². The number of hydrogen-bond donors (Lipinski definition) is 1. The van der Waals surface area contributed by atoms with Gasteiger partial charge in [0.2, 0.25) is 0 Å². The molecule has 106 valence electrons. The first-order valence-electron chi connectivity index (χ1n) is 5.95. The molecule has 1 heterocycles. The van der Waals surface area contributed by atoms with Crippen LogP contribution in [0.5, 0.6) is 0 Å². The Kier molecular flexibility index (Phi) is 3.76. The lowest BCUT2D eigenvalue weighted by molar-refractivity contribution is -0.137. The maximum atomic E-state index is 12.5. The molecule has 0 fully saturated rings. The molecule has 2 aromatic rings. The summed E-state index contributed by atoms with van der Waals surface area (Å²) in [5.74, 6) is 0.353. The van der Waals surface area contributed by atoms with Crippen LogP contribution in [-0.4, -0.2) is 15.1 Å². The predicted molar refractivity (Wildman–Crippen MR) is 67.9 cm³/mol. The van der Waals surface area contributed by atoms with Crippen LogP contribution in [-0.2, 0) is 12.8 Å². The molecule has 0 unspecified atom stereocenters. The lowest BCUT2D eigenvalue weighted by atomic mass is 10.1. The van der Waals surface area contributed by atoms with Crippen molar-refractivity contribution in [1.82, 2.24) is 9.97 Å². The summed E-state index contributed by atoms with van der Waals surface area (Å²) in [6.07, 6.45) is -4.36. The van der Waals surface area contributed by atoms with E-state index in [9.17, 15) is 18.3 Å². The van der Waals surface area contributed by atoms with Crippen LogP contribution in [0.3, 0.4) is 0 Å². The number of hydrogen-bond acceptors (Lipinski definition) is 3. The van der Waals surface area contributed by atoms with Gasteiger partial charge in [0.15, 0.2) is 5.82 Å². The van der Waals surface area contributed by atoms with Crippen molar-refractivity contribution in [2.24, 2.45) is 0 Å². The molecule has 0 saturated heterocycles. The zero-order valence-corrected chi connectivity index (χ0v) is 11.0. The number of aliphatic hydroxyl groups is 1. The molecule has 0 saturated carbocycles. The quantitative estimate of drug-likeness (QED) is 0.919. The second-order valence-electron chi connectivity index (χ2n) is 4.43. The van der Waals surface area contributed by atoms with E-state index in [2.05, 4.69) is 9.97 Å². The van der Waals surface area contributed by atoms with Crippen molar-refractivity contribution in [3.8, 4) is 11.4 Å². The predicted octanol–water partition coefficient (Wildman–Crippen LogP) is 3.27. The Morgan fingerprint density at radius 1 is 1.00 bits per heavy atom. The molecule has 1 N–H and O–H groups in total. The molecule has 0 radical (unpaired) electrons. The second-order valence-corrected chi connectivity index (χ2v) is 4.43. The Morgan fingerprint density at radius 3 is 1.90 bits per heavy atom. The van der Waals surface area contributed by atoms with E-state index in [0.717, 1.165) is 12.1 Å². The standard InChI is InChI=1S/C14H13F3N2O/c1-8-12(7-20)9(2)19-13(18-8)10-3-5-11(6-4-10)14(15,16)17/h3-6,20H,7H2,1-2H3. The fourth-order valence-corrected chi connectivity index (χ4v) is 1.91. The summed E-state index contributed by atoms with van der Waals surface area (Å²) >= 11 is 0. The first-order chi connectivity index (χ1) is 9.32. The molecule has 1 aromatic heterocycles. The number of aromatic nitrogens is 2. The highest BCUT2D eigenvalue weighted by Gasteiger charge is 2.30. The van der Waals surface area contributed by atoms with Gasteiger partial charge in [0.25, 0.3) is 0 Å². The molecule has 20 heavy (non-hydrogen) atoms. The summed E-state index contributed by atoms with van der Waals surface area (Å²) in [7, 11) is 0. The Morgan fingerprint density at radius 2 is 1.50 bits per heavy atom. The van der Waals surface area contributed by atoms with Crippen LogP contribution >= 0.6 is 0 Å². The van der Waals surface area contributed by atoms with Crippen LogP contribution in [0.4, 0.5) is 13.2 Å². The molecule has 0 amide bonds. The number of aryl methyl sites for hydroxylation is 2. The third-order valence-electron chi connectivity index (χ3n) is 3.05. The van der Waals surface area contributed by atoms with Gasteiger partial charge in [-0.1, -0.05) is 12.1 Å². The smallest absolute Gasteiger partial charge is 0.392 e. The second kappa shape index (κ2) is 5.20. The number of aliphatic hydroxyl groups excluding tert-OH is 1. The third kappa shape index (κ3) is 2.80. The van der Waals surface area contributed by atoms with Crippen LogP contribution in [0.25, 0.3) is 11.4 Å². The first-order valence-corrected chi connectivity index (χ1v) is 5.95. The van der Waals surface area contributed by atoms with Gasteiger partial charge in [0.1, 0.15) is 0 Å². The van der Waals surface area contributed by atoms with Crippen molar-refractivity contribution in [2.45, 2.75) is 26.6 Å². The van der Waals surface area contributed by atoms with Gasteiger partial charge in [-0.15, -0.1) is 0 Å². The minimum Gasteiger partial charge on any atom is -0.392 e. The molecule has 0 aliphatic carbocycles. The summed E-state index contributed by atoms with van der Waals surface area (Å²) in [5.41, 5.74) is 1.68. The van der Waals surface area contributed by atoms with Gasteiger partial charge in [0, 0.05) is 22.5 Å². The third-order valence-corrected chi connectivity index (χ3v) is 3.05. The number of alkyl halides is 3. The van der Waals surface area contributed by atoms with Crippen molar-refractivity contribution < 1.29 is 18.3 Å². The van der Waals surface area contributed by atoms with Gasteiger partial charge >= 0.3 is 6.18 Å². The summed E-state index contributed by atoms with van der Waals surface area (Å²) in [5, 5.41) is 9.18. The normalized spacial score (nSPS) is 11.7. The first kappa shape index (κ1) is 14.5. The number of nitrogens with zero attached hydrogens (tertiary/aromatic N) is 2. The molecular weight excluding hydrogens is 269 g/mol. The lowest BCUT2D eigenvalue weighted by Gasteiger charge is -2.10. The molecule has 0 atom stereocenters. The van der Waals surface area contributed by atoms with E-state index in [0.29, 0.717) is 28.3 Å². The van der Waals surface area contributed by atoms with Gasteiger partial charge in [-0.05, 0) is 26.0 Å². The average Bonchev–Trinajstić information content (AvgIpc) is 2.37. The zero-order valence-electron chi connectivity index (χ0n) is 11.0. The summed E-state index contributed by atoms with van der Waals surface area (Å²) in [4.78, 5) is 8.43. The van der Waals surface area contributed by atoms with Crippen molar-refractivity contribution in [3.63, 3.8) is 0 Å². The van der Waals surface area contributed by atoms with Gasteiger partial charge < -0.3 is 5.11 Å². The summed E-state index contributed by atoms with van der Waals surface area (Å²) < 4.78 is 37.5. The van der Waals surface area contributed by atoms with Crippen LogP contribution in [0, 0.1) is 13.8 Å². The molecule has 3 nitrogen and oxygen atoms in total. The fraction of sp³-hybridized carbons (Fsp3) is 0.286. The minimum absolute atomic E-state index is 0.162. The number of benzene rings is 1. The fourth-order valence-electron chi connectivity index (χ4n) is 1.91. The lowest BCUT2D eigenvalue weighted by Crippen LogP contribution is -2.05. The van der Waals surface area contributed by atoms with Crippen molar-refractivity contribution in [1.29, 1.82) is 0 Å². The maximum absolute atomic E-state index is 12.5. The van der Waals surface area contributed by atoms with E-state index in [1.807, 2.05) is 0 Å². The largest absolute Gasteiger partial charge is 0.416 e. The molecule has 0 spiro atoms. The molecule has 0 aliphatic heterocycles. The SMILES string of the molecule is Cc1nc(-c2ccc(C(F)(F)F)cc2)nc(C)c1CO. The molecule has 2 rings (SSSR count). The Labute approximate surface area is 114 Å². The zero-order chi connectivity index (χ0) is 14.9. The highest BCUT2D eigenvalue weighted by atomic mass is 19.4. The topological polar surface area (TPSA) is 46.0 Å². The monoisotopic (exact) mass is 282 g/mol. The van der Waals surface area contributed by atoms with E-state index in [1.165, 1.54) is 12.1 Å². The molecule has 6 heteroatoms. The molecule has 1 aromatic carbocycles. The van der Waals surface area contributed by atoms with Gasteiger partial charge in [-0.25, -0.2) is 9.97 Å². The van der Waals surface area contributed by atoms with E-state index in [1.54, 1.807) is 13.8 Å². The molecular formula is C14H13F3N2O. The van der Waals surface area contributed by atoms with E-state index < -0.39 is 11.7 Å². The highest BCUT2D eigenvalue weighted by Crippen LogP contribution is 2.30. The van der Waals surface area contributed by atoms with Crippen molar-refractivity contribution in [3.05, 3.63) is 46.8 Å². The van der Waals surface area contributed by atoms with Crippen LogP contribution in [0.2, 0.25) is 0 Å². The Hall–Kier alpha value is -1.95. The molecule has 0 aliphatic rings. The van der Waals surface area contributed by atoms with Gasteiger partial charge in [-0.3, -0.25) is 0 Å². The summed E-state index contributed by atoms with van der Waals surface area (Å²) in [6.45, 7) is 3.30. The summed E-state index contributed by atoms with van der Waals surface area (Å²) in [6, 6.07) is 4.69. The van der Waals surface area contributed by atoms with Gasteiger partial charge in [-0.2, -0.15) is 13.2 Å². The van der Waals surface area contributed by atoms with Crippen LogP contribution < -0.4 is 0 Å². The van der Waals surface area contributed by atoms with Gasteiger partial charge in [0.05, 0.1) is 12.2 Å². The van der Waals surface area contributed by atoms with Crippen molar-refractivity contribution >= 4 is 0 Å². The van der Waals surface area contributed by atoms with E-state index in [-0.39, 0.29) is 6.61 Å². The highest BCUT2D eigenvalue weighted by molar-refractivity contribution is 5.56. The van der Waals surface area contributed by atoms with Crippen LogP contribution in [0.1, 0.15) is 22.5 Å². The number of rotatable bonds is 2. The minimum atomic E-state index is -4.36. The molecule has 0 bridgehead atoms. The maximum Gasteiger partial charge on any atom is 0.416 e. The van der Waals surface area contributed by atoms with Crippen molar-refractivity contribution in [2.75, 3.05) is 0 Å². The Bertz CT molecular complexity index is 598. The van der Waals surface area contributed by atoms with E-state index >= 15 is 0 Å². The van der Waals surface area contributed by atoms with Crippen LogP contribution in [0.15, 0.2) is 24.3 Å².